The summed E-state index contributed by atoms with van der Waals surface area (Å²) in [4.78, 5) is 34.9. The molecule has 0 bridgehead atoms. The summed E-state index contributed by atoms with van der Waals surface area (Å²) in [5, 5.41) is 5.32. The number of amides is 2. The van der Waals surface area contributed by atoms with Crippen LogP contribution in [0.15, 0.2) is 24.3 Å². The van der Waals surface area contributed by atoms with Crippen molar-refractivity contribution in [3.63, 3.8) is 0 Å². The lowest BCUT2D eigenvalue weighted by molar-refractivity contribution is -0.144. The summed E-state index contributed by atoms with van der Waals surface area (Å²) in [5.41, 5.74) is 1.02. The topological polar surface area (TPSA) is 84.5 Å². The van der Waals surface area contributed by atoms with Gasteiger partial charge >= 0.3 is 5.97 Å². The van der Waals surface area contributed by atoms with Crippen LogP contribution in [0.1, 0.15) is 37.6 Å². The summed E-state index contributed by atoms with van der Waals surface area (Å²) < 4.78 is 4.73. The number of carbonyl (C=O) groups is 3. The van der Waals surface area contributed by atoms with E-state index in [9.17, 15) is 14.4 Å². The van der Waals surface area contributed by atoms with Crippen LogP contribution in [-0.2, 0) is 14.3 Å². The Morgan fingerprint density at radius 3 is 2.23 bits per heavy atom. The number of methoxy groups -OCH3 is 1. The van der Waals surface area contributed by atoms with Crippen molar-refractivity contribution < 1.29 is 19.1 Å². The Balaban J connectivity index is 2.81. The SMILES string of the molecule is CC[C@@H](C)[C@@H](NC(=O)c1ccc(NC(C)=O)cc1)C(=O)OC. The lowest BCUT2D eigenvalue weighted by Gasteiger charge is -2.21. The van der Waals surface area contributed by atoms with Crippen LogP contribution < -0.4 is 10.6 Å². The van der Waals surface area contributed by atoms with Crippen LogP contribution in [-0.4, -0.2) is 30.9 Å². The zero-order valence-corrected chi connectivity index (χ0v) is 13.3. The number of benzene rings is 1. The van der Waals surface area contributed by atoms with E-state index >= 15 is 0 Å². The normalized spacial score (nSPS) is 12.9. The van der Waals surface area contributed by atoms with Gasteiger partial charge in [-0.2, -0.15) is 0 Å². The van der Waals surface area contributed by atoms with Crippen molar-refractivity contribution in [2.24, 2.45) is 5.92 Å². The van der Waals surface area contributed by atoms with E-state index in [1.807, 2.05) is 13.8 Å². The van der Waals surface area contributed by atoms with Gasteiger partial charge in [-0.1, -0.05) is 20.3 Å². The second-order valence-corrected chi connectivity index (χ2v) is 5.12. The Bertz CT molecular complexity index is 540. The molecule has 0 unspecified atom stereocenters. The first-order chi connectivity index (χ1) is 10.4. The fourth-order valence-electron chi connectivity index (χ4n) is 1.93. The predicted octanol–water partition coefficient (Wildman–Crippen LogP) is 1.96. The summed E-state index contributed by atoms with van der Waals surface area (Å²) >= 11 is 0. The summed E-state index contributed by atoms with van der Waals surface area (Å²) in [5.74, 6) is -1.03. The van der Waals surface area contributed by atoms with Crippen LogP contribution >= 0.6 is 0 Å². The fraction of sp³-hybridized carbons (Fsp3) is 0.438. The van der Waals surface area contributed by atoms with Crippen molar-refractivity contribution in [3.05, 3.63) is 29.8 Å². The third-order valence-electron chi connectivity index (χ3n) is 3.42. The average Bonchev–Trinajstić information content (AvgIpc) is 2.51. The van der Waals surface area contributed by atoms with Crippen molar-refractivity contribution in [1.82, 2.24) is 5.32 Å². The van der Waals surface area contributed by atoms with E-state index in [-0.39, 0.29) is 17.7 Å². The smallest absolute Gasteiger partial charge is 0.328 e. The molecule has 1 aromatic carbocycles. The van der Waals surface area contributed by atoms with Crippen molar-refractivity contribution in [3.8, 4) is 0 Å². The van der Waals surface area contributed by atoms with E-state index in [1.165, 1.54) is 14.0 Å². The summed E-state index contributed by atoms with van der Waals surface area (Å²) in [6.07, 6.45) is 0.738. The maximum Gasteiger partial charge on any atom is 0.328 e. The molecular formula is C16H22N2O4. The van der Waals surface area contributed by atoms with Gasteiger partial charge in [0.25, 0.3) is 5.91 Å². The van der Waals surface area contributed by atoms with Gasteiger partial charge in [0.2, 0.25) is 5.91 Å². The minimum atomic E-state index is -0.683. The minimum Gasteiger partial charge on any atom is -0.467 e. The van der Waals surface area contributed by atoms with Crippen LogP contribution in [0, 0.1) is 5.92 Å². The molecule has 1 aromatic rings. The van der Waals surface area contributed by atoms with Gasteiger partial charge in [0.15, 0.2) is 0 Å². The van der Waals surface area contributed by atoms with Crippen molar-refractivity contribution in [2.45, 2.75) is 33.2 Å². The highest BCUT2D eigenvalue weighted by molar-refractivity contribution is 5.97. The zero-order chi connectivity index (χ0) is 16.7. The molecule has 0 saturated carbocycles. The minimum absolute atomic E-state index is 0.0324. The van der Waals surface area contributed by atoms with Gasteiger partial charge in [0.05, 0.1) is 7.11 Å². The highest BCUT2D eigenvalue weighted by atomic mass is 16.5. The monoisotopic (exact) mass is 306 g/mol. The van der Waals surface area contributed by atoms with E-state index in [1.54, 1.807) is 24.3 Å². The molecule has 0 aromatic heterocycles. The van der Waals surface area contributed by atoms with Crippen LogP contribution in [0.25, 0.3) is 0 Å². The van der Waals surface area contributed by atoms with Gasteiger partial charge in [-0.3, -0.25) is 9.59 Å². The number of hydrogen-bond acceptors (Lipinski definition) is 4. The molecule has 1 rings (SSSR count). The van der Waals surface area contributed by atoms with Crippen molar-refractivity contribution in [1.29, 1.82) is 0 Å². The molecule has 22 heavy (non-hydrogen) atoms. The average molecular weight is 306 g/mol. The second-order valence-electron chi connectivity index (χ2n) is 5.12. The Morgan fingerprint density at radius 1 is 1.18 bits per heavy atom. The third kappa shape index (κ3) is 4.87. The number of ether oxygens (including phenoxy) is 1. The molecule has 0 aliphatic rings. The fourth-order valence-corrected chi connectivity index (χ4v) is 1.93. The quantitative estimate of drug-likeness (QED) is 0.787. The number of hydrogen-bond donors (Lipinski definition) is 2. The van der Waals surface area contributed by atoms with Gasteiger partial charge in [-0.15, -0.1) is 0 Å². The molecule has 2 atom stereocenters. The summed E-state index contributed by atoms with van der Waals surface area (Å²) in [7, 11) is 1.30. The molecule has 0 aliphatic carbocycles. The number of anilines is 1. The highest BCUT2D eigenvalue weighted by Crippen LogP contribution is 2.13. The van der Waals surface area contributed by atoms with Crippen LogP contribution in [0.2, 0.25) is 0 Å². The van der Waals surface area contributed by atoms with Crippen molar-refractivity contribution in [2.75, 3.05) is 12.4 Å². The first kappa shape index (κ1) is 17.7. The maximum atomic E-state index is 12.2. The van der Waals surface area contributed by atoms with Crippen LogP contribution in [0.5, 0.6) is 0 Å². The van der Waals surface area contributed by atoms with E-state index in [4.69, 9.17) is 4.74 Å². The summed E-state index contributed by atoms with van der Waals surface area (Å²) in [6.45, 7) is 5.23. The second kappa shape index (κ2) is 8.17. The Labute approximate surface area is 130 Å². The van der Waals surface area contributed by atoms with Crippen molar-refractivity contribution >= 4 is 23.5 Å². The molecule has 0 radical (unpaired) electrons. The third-order valence-corrected chi connectivity index (χ3v) is 3.42. The molecular weight excluding hydrogens is 284 g/mol. The number of esters is 1. The number of rotatable bonds is 6. The Hall–Kier alpha value is -2.37. The largest absolute Gasteiger partial charge is 0.467 e. The van der Waals surface area contributed by atoms with Gasteiger partial charge < -0.3 is 15.4 Å². The highest BCUT2D eigenvalue weighted by Gasteiger charge is 2.26. The van der Waals surface area contributed by atoms with Gasteiger partial charge in [0, 0.05) is 18.2 Å². The molecule has 0 heterocycles. The summed E-state index contributed by atoms with van der Waals surface area (Å²) in [6, 6.07) is 5.76. The molecule has 0 spiro atoms. The molecule has 6 nitrogen and oxygen atoms in total. The standard InChI is InChI=1S/C16H22N2O4/c1-5-10(2)14(16(21)22-4)18-15(20)12-6-8-13(9-7-12)17-11(3)19/h6-10,14H,5H2,1-4H3,(H,17,19)(H,18,20)/t10-,14-/m1/s1. The van der Waals surface area contributed by atoms with E-state index in [2.05, 4.69) is 10.6 Å². The number of nitrogens with one attached hydrogen (secondary N) is 2. The molecule has 120 valence electrons. The van der Waals surface area contributed by atoms with E-state index in [0.717, 1.165) is 6.42 Å². The lowest BCUT2D eigenvalue weighted by Crippen LogP contribution is -2.45. The first-order valence-corrected chi connectivity index (χ1v) is 7.15. The van der Waals surface area contributed by atoms with E-state index < -0.39 is 12.0 Å². The number of carbonyl (C=O) groups excluding carboxylic acids is 3. The van der Waals surface area contributed by atoms with Gasteiger partial charge in [-0.05, 0) is 30.2 Å². The first-order valence-electron chi connectivity index (χ1n) is 7.15. The molecule has 2 amide bonds. The molecule has 2 N–H and O–H groups in total. The Kier molecular flexibility index (Phi) is 6.56. The molecule has 6 heteroatoms. The van der Waals surface area contributed by atoms with Gasteiger partial charge in [-0.25, -0.2) is 4.79 Å². The van der Waals surface area contributed by atoms with Gasteiger partial charge in [0.1, 0.15) is 6.04 Å². The Morgan fingerprint density at radius 2 is 1.77 bits per heavy atom. The molecule has 0 aliphatic heterocycles. The lowest BCUT2D eigenvalue weighted by atomic mass is 9.99. The van der Waals surface area contributed by atoms with Crippen LogP contribution in [0.4, 0.5) is 5.69 Å². The maximum absolute atomic E-state index is 12.2. The van der Waals surface area contributed by atoms with E-state index in [0.29, 0.717) is 11.3 Å². The molecule has 0 saturated heterocycles. The molecule has 0 fully saturated rings. The predicted molar refractivity (Wildman–Crippen MR) is 83.5 cm³/mol. The van der Waals surface area contributed by atoms with Crippen LogP contribution in [0.3, 0.4) is 0 Å². The zero-order valence-electron chi connectivity index (χ0n) is 13.3.